The Labute approximate surface area is 141 Å². The number of β-amino-alcohol motifs (C(OH)–C–C–N with tert-alkyl or cyclic N) is 1. The fraction of sp³-hybridized carbons (Fsp3) is 0.588. The highest BCUT2D eigenvalue weighted by Crippen LogP contribution is 2.23. The monoisotopic (exact) mass is 331 g/mol. The molecule has 2 aromatic rings. The summed E-state index contributed by atoms with van der Waals surface area (Å²) in [4.78, 5) is 21.0. The molecule has 7 nitrogen and oxygen atoms in total. The average Bonchev–Trinajstić information content (AvgIpc) is 2.86. The Morgan fingerprint density at radius 2 is 2.12 bits per heavy atom. The number of aryl methyl sites for hydroxylation is 2. The minimum atomic E-state index is -0.857. The maximum atomic E-state index is 12.9. The van der Waals surface area contributed by atoms with Crippen LogP contribution in [0.25, 0.3) is 5.65 Å². The van der Waals surface area contributed by atoms with Gasteiger partial charge < -0.3 is 14.9 Å². The lowest BCUT2D eigenvalue weighted by Crippen LogP contribution is -2.54. The largest absolute Gasteiger partial charge is 0.387 e. The summed E-state index contributed by atoms with van der Waals surface area (Å²) in [5, 5.41) is 15.1. The molecule has 7 heteroatoms. The van der Waals surface area contributed by atoms with Gasteiger partial charge in [0.2, 0.25) is 0 Å². The molecule has 1 atom stereocenters. The van der Waals surface area contributed by atoms with Gasteiger partial charge in [-0.2, -0.15) is 5.10 Å². The number of piperidine rings is 1. The summed E-state index contributed by atoms with van der Waals surface area (Å²) in [7, 11) is 3.86. The minimum absolute atomic E-state index is 0.128. The van der Waals surface area contributed by atoms with Crippen LogP contribution >= 0.6 is 0 Å². The van der Waals surface area contributed by atoms with Gasteiger partial charge in [-0.3, -0.25) is 4.79 Å². The fourth-order valence-electron chi connectivity index (χ4n) is 3.51. The van der Waals surface area contributed by atoms with Gasteiger partial charge in [-0.1, -0.05) is 0 Å². The van der Waals surface area contributed by atoms with Gasteiger partial charge in [0.1, 0.15) is 5.69 Å². The van der Waals surface area contributed by atoms with Crippen LogP contribution in [0.15, 0.2) is 12.1 Å². The molecular formula is C17H25N5O2. The van der Waals surface area contributed by atoms with E-state index in [0.29, 0.717) is 37.4 Å². The molecule has 0 unspecified atom stereocenters. The fourth-order valence-corrected chi connectivity index (χ4v) is 3.51. The quantitative estimate of drug-likeness (QED) is 0.903. The number of nitrogens with zero attached hydrogens (tertiary/aromatic N) is 5. The number of carbonyl (C=O) groups is 1. The molecule has 2 aromatic heterocycles. The third kappa shape index (κ3) is 3.27. The summed E-state index contributed by atoms with van der Waals surface area (Å²) in [6, 6.07) is 3.63. The van der Waals surface area contributed by atoms with Crippen molar-refractivity contribution < 1.29 is 9.90 Å². The summed E-state index contributed by atoms with van der Waals surface area (Å²) in [6.45, 7) is 5.36. The predicted octanol–water partition coefficient (Wildman–Crippen LogP) is 0.875. The molecule has 0 spiro atoms. The maximum Gasteiger partial charge on any atom is 0.272 e. The molecule has 1 saturated heterocycles. The van der Waals surface area contributed by atoms with Crippen LogP contribution in [-0.2, 0) is 0 Å². The van der Waals surface area contributed by atoms with Crippen LogP contribution in [0.5, 0.6) is 0 Å². The Hall–Kier alpha value is -1.99. The Bertz CT molecular complexity index is 770. The van der Waals surface area contributed by atoms with Gasteiger partial charge in [-0.05, 0) is 46.9 Å². The number of rotatable bonds is 3. The first kappa shape index (κ1) is 16.9. The van der Waals surface area contributed by atoms with Crippen molar-refractivity contribution in [3.05, 3.63) is 29.2 Å². The Morgan fingerprint density at radius 3 is 2.83 bits per heavy atom. The van der Waals surface area contributed by atoms with Gasteiger partial charge in [0.15, 0.2) is 5.65 Å². The standard InChI is InChI=1S/C17H25N5O2/c1-12-8-15-18-14(9-13(2)22(15)19-12)16(23)21-7-5-6-17(24,11-21)10-20(3)4/h8-9,24H,5-7,10-11H2,1-4H3/t17-/m0/s1. The third-order valence-electron chi connectivity index (χ3n) is 4.40. The van der Waals surface area contributed by atoms with Gasteiger partial charge in [0, 0.05) is 24.8 Å². The highest BCUT2D eigenvalue weighted by atomic mass is 16.3. The number of aliphatic hydroxyl groups is 1. The lowest BCUT2D eigenvalue weighted by atomic mass is 9.92. The highest BCUT2D eigenvalue weighted by molar-refractivity contribution is 5.93. The van der Waals surface area contributed by atoms with Crippen molar-refractivity contribution in [1.29, 1.82) is 0 Å². The SMILES string of the molecule is Cc1cc2nc(C(=O)N3CCC[C@](O)(CN(C)C)C3)cc(C)n2n1. The van der Waals surface area contributed by atoms with E-state index in [-0.39, 0.29) is 5.91 Å². The molecule has 130 valence electrons. The third-order valence-corrected chi connectivity index (χ3v) is 4.40. The van der Waals surface area contributed by atoms with Gasteiger partial charge in [0.25, 0.3) is 5.91 Å². The first-order chi connectivity index (χ1) is 11.3. The summed E-state index contributed by atoms with van der Waals surface area (Å²) in [5.41, 5.74) is 1.97. The van der Waals surface area contributed by atoms with Crippen LogP contribution in [0.1, 0.15) is 34.7 Å². The molecule has 3 heterocycles. The van der Waals surface area contributed by atoms with Crippen molar-refractivity contribution in [3.8, 4) is 0 Å². The molecule has 1 aliphatic heterocycles. The minimum Gasteiger partial charge on any atom is -0.387 e. The highest BCUT2D eigenvalue weighted by Gasteiger charge is 2.36. The molecule has 0 bridgehead atoms. The van der Waals surface area contributed by atoms with Gasteiger partial charge in [-0.25, -0.2) is 9.50 Å². The summed E-state index contributed by atoms with van der Waals surface area (Å²) in [6.07, 6.45) is 1.51. The first-order valence-electron chi connectivity index (χ1n) is 8.28. The molecule has 1 N–H and O–H groups in total. The van der Waals surface area contributed by atoms with E-state index in [9.17, 15) is 9.90 Å². The summed E-state index contributed by atoms with van der Waals surface area (Å²) < 4.78 is 1.74. The van der Waals surface area contributed by atoms with Crippen molar-refractivity contribution in [1.82, 2.24) is 24.4 Å². The van der Waals surface area contributed by atoms with Crippen molar-refractivity contribution in [2.45, 2.75) is 32.3 Å². The van der Waals surface area contributed by atoms with Crippen LogP contribution in [0.2, 0.25) is 0 Å². The van der Waals surface area contributed by atoms with E-state index in [4.69, 9.17) is 0 Å². The number of aromatic nitrogens is 3. The zero-order valence-electron chi connectivity index (χ0n) is 14.8. The zero-order valence-corrected chi connectivity index (χ0v) is 14.8. The molecule has 1 fully saturated rings. The topological polar surface area (TPSA) is 74.0 Å². The number of fused-ring (bicyclic) bond motifs is 1. The van der Waals surface area contributed by atoms with Crippen LogP contribution in [0.4, 0.5) is 0 Å². The molecule has 24 heavy (non-hydrogen) atoms. The van der Waals surface area contributed by atoms with Crippen LogP contribution in [0.3, 0.4) is 0 Å². The number of likely N-dealkylation sites (tertiary alicyclic amines) is 1. The van der Waals surface area contributed by atoms with Crippen LogP contribution < -0.4 is 0 Å². The van der Waals surface area contributed by atoms with Crippen LogP contribution in [-0.4, -0.2) is 74.7 Å². The number of amides is 1. The van der Waals surface area contributed by atoms with Crippen molar-refractivity contribution >= 4 is 11.6 Å². The zero-order chi connectivity index (χ0) is 17.5. The molecule has 0 saturated carbocycles. The summed E-state index contributed by atoms with van der Waals surface area (Å²) in [5.74, 6) is -0.128. The first-order valence-corrected chi connectivity index (χ1v) is 8.28. The Morgan fingerprint density at radius 1 is 1.38 bits per heavy atom. The van der Waals surface area contributed by atoms with E-state index >= 15 is 0 Å². The van der Waals surface area contributed by atoms with E-state index in [1.54, 1.807) is 15.5 Å². The Balaban J connectivity index is 1.85. The van der Waals surface area contributed by atoms with Crippen molar-refractivity contribution in [3.63, 3.8) is 0 Å². The number of likely N-dealkylation sites (N-methyl/N-ethyl adjacent to an activating group) is 1. The second-order valence-corrected chi connectivity index (χ2v) is 7.13. The molecule has 3 rings (SSSR count). The molecule has 0 aromatic carbocycles. The van der Waals surface area contributed by atoms with Crippen molar-refractivity contribution in [2.24, 2.45) is 0 Å². The summed E-state index contributed by atoms with van der Waals surface area (Å²) >= 11 is 0. The second kappa shape index (κ2) is 6.14. The molecule has 0 aliphatic carbocycles. The second-order valence-electron chi connectivity index (χ2n) is 7.13. The smallest absolute Gasteiger partial charge is 0.272 e. The molecule has 0 radical (unpaired) electrons. The lowest BCUT2D eigenvalue weighted by Gasteiger charge is -2.40. The Kier molecular flexibility index (Phi) is 4.31. The number of carbonyl (C=O) groups excluding carboxylic acids is 1. The normalized spacial score (nSPS) is 21.7. The van der Waals surface area contributed by atoms with Gasteiger partial charge >= 0.3 is 0 Å². The molecule has 1 amide bonds. The molecular weight excluding hydrogens is 306 g/mol. The van der Waals surface area contributed by atoms with E-state index in [1.165, 1.54) is 0 Å². The van der Waals surface area contributed by atoms with Crippen LogP contribution in [0, 0.1) is 13.8 Å². The van der Waals surface area contributed by atoms with Crippen molar-refractivity contribution in [2.75, 3.05) is 33.7 Å². The van der Waals surface area contributed by atoms with E-state index in [1.807, 2.05) is 38.9 Å². The number of hydrogen-bond donors (Lipinski definition) is 1. The van der Waals surface area contributed by atoms with E-state index < -0.39 is 5.60 Å². The lowest BCUT2D eigenvalue weighted by molar-refractivity contribution is -0.0392. The predicted molar refractivity (Wildman–Crippen MR) is 91.1 cm³/mol. The average molecular weight is 331 g/mol. The van der Waals surface area contributed by atoms with Gasteiger partial charge in [0.05, 0.1) is 17.8 Å². The van der Waals surface area contributed by atoms with Gasteiger partial charge in [-0.15, -0.1) is 0 Å². The van der Waals surface area contributed by atoms with E-state index in [0.717, 1.165) is 17.8 Å². The van der Waals surface area contributed by atoms with E-state index in [2.05, 4.69) is 10.1 Å². The maximum absolute atomic E-state index is 12.9. The number of hydrogen-bond acceptors (Lipinski definition) is 5. The molecule has 1 aliphatic rings.